The van der Waals surface area contributed by atoms with E-state index in [1.807, 2.05) is 14.1 Å². The fourth-order valence-corrected chi connectivity index (χ4v) is 7.04. The fraction of sp³-hybridized carbons (Fsp3) is 0.346. The van der Waals surface area contributed by atoms with Gasteiger partial charge in [0.15, 0.2) is 5.13 Å². The number of likely N-dealkylation sites (N-methyl/N-ethyl adjacent to an activating group) is 1. The number of rotatable bonds is 10. The quantitative estimate of drug-likeness (QED) is 0.321. The van der Waals surface area contributed by atoms with Crippen LogP contribution in [0.3, 0.4) is 0 Å². The van der Waals surface area contributed by atoms with Gasteiger partial charge in [-0.3, -0.25) is 0 Å². The molecule has 38 heavy (non-hydrogen) atoms. The summed E-state index contributed by atoms with van der Waals surface area (Å²) in [5.41, 5.74) is 0.893. The van der Waals surface area contributed by atoms with Gasteiger partial charge in [-0.1, -0.05) is 23.8 Å². The zero-order valence-electron chi connectivity index (χ0n) is 21.5. The monoisotopic (exact) mass is 580 g/mol. The van der Waals surface area contributed by atoms with E-state index >= 15 is 4.39 Å². The second-order valence-corrected chi connectivity index (χ2v) is 12.1. The van der Waals surface area contributed by atoms with Crippen molar-refractivity contribution in [3.63, 3.8) is 0 Å². The van der Waals surface area contributed by atoms with Crippen molar-refractivity contribution in [2.75, 3.05) is 37.9 Å². The maximum absolute atomic E-state index is 15.5. The minimum atomic E-state index is -4.40. The highest BCUT2D eigenvalue weighted by molar-refractivity contribution is 7.93. The number of methoxy groups -OCH3 is 2. The Morgan fingerprint density at radius 3 is 2.58 bits per heavy atom. The number of benzene rings is 2. The zero-order chi connectivity index (χ0) is 27.4. The zero-order valence-corrected chi connectivity index (χ0v) is 23.9. The second kappa shape index (κ2) is 11.9. The topological polar surface area (TPSA) is 84.0 Å². The molecule has 12 heteroatoms. The standard InChI is InChI=1S/C26H30ClFN4O4S2/c1-31(2)23-8-6-5-7-21(23)30-22-15-20(28)25(14-19(22)27)38(33,34)32(26-29-11-12-37-26)16-17-9-10-18(35-3)13-24(17)36-4/h5-6,9-15,21,23,30H,7-8,16H2,1-4H3/t21-,23?/m0/s1. The van der Waals surface area contributed by atoms with Gasteiger partial charge in [0, 0.05) is 35.3 Å². The molecule has 2 atom stereocenters. The van der Waals surface area contributed by atoms with Crippen LogP contribution in [0.5, 0.6) is 11.5 Å². The Labute approximate surface area is 231 Å². The smallest absolute Gasteiger partial charge is 0.269 e. The predicted octanol–water partition coefficient (Wildman–Crippen LogP) is 5.41. The first kappa shape index (κ1) is 28.2. The summed E-state index contributed by atoms with van der Waals surface area (Å²) >= 11 is 7.66. The van der Waals surface area contributed by atoms with Crippen molar-refractivity contribution < 1.29 is 22.3 Å². The second-order valence-electron chi connectivity index (χ2n) is 8.99. The molecular formula is C26H30ClFN4O4S2. The van der Waals surface area contributed by atoms with Crippen LogP contribution in [0, 0.1) is 5.82 Å². The van der Waals surface area contributed by atoms with E-state index in [4.69, 9.17) is 21.1 Å². The number of hydrogen-bond donors (Lipinski definition) is 1. The Balaban J connectivity index is 1.69. The molecule has 1 N–H and O–H groups in total. The number of halogens is 2. The minimum Gasteiger partial charge on any atom is -0.497 e. The summed E-state index contributed by atoms with van der Waals surface area (Å²) in [5.74, 6) is 0.0733. The summed E-state index contributed by atoms with van der Waals surface area (Å²) < 4.78 is 55.0. The summed E-state index contributed by atoms with van der Waals surface area (Å²) in [4.78, 5) is 5.75. The van der Waals surface area contributed by atoms with Crippen molar-refractivity contribution in [2.24, 2.45) is 0 Å². The molecule has 1 unspecified atom stereocenters. The Morgan fingerprint density at radius 2 is 1.92 bits per heavy atom. The third kappa shape index (κ3) is 5.90. The number of ether oxygens (including phenoxy) is 2. The van der Waals surface area contributed by atoms with E-state index in [-0.39, 0.29) is 28.8 Å². The normalized spacial score (nSPS) is 17.4. The fourth-order valence-electron chi connectivity index (χ4n) is 4.41. The van der Waals surface area contributed by atoms with Crippen LogP contribution >= 0.6 is 22.9 Å². The maximum atomic E-state index is 15.5. The van der Waals surface area contributed by atoms with Crippen molar-refractivity contribution in [1.82, 2.24) is 9.88 Å². The average Bonchev–Trinajstić information content (AvgIpc) is 3.43. The summed E-state index contributed by atoms with van der Waals surface area (Å²) in [7, 11) is 2.58. The van der Waals surface area contributed by atoms with Gasteiger partial charge in [0.05, 0.1) is 31.5 Å². The molecule has 0 saturated heterocycles. The maximum Gasteiger partial charge on any atom is 0.269 e. The molecule has 3 aromatic rings. The molecule has 0 saturated carbocycles. The Kier molecular flexibility index (Phi) is 8.81. The molecule has 0 spiro atoms. The van der Waals surface area contributed by atoms with Crippen LogP contribution in [-0.4, -0.2) is 58.7 Å². The first-order valence-corrected chi connectivity index (χ1v) is 14.6. The highest BCUT2D eigenvalue weighted by atomic mass is 35.5. The summed E-state index contributed by atoms with van der Waals surface area (Å²) in [5, 5.41) is 5.26. The van der Waals surface area contributed by atoms with Crippen LogP contribution in [-0.2, 0) is 16.6 Å². The van der Waals surface area contributed by atoms with E-state index in [0.29, 0.717) is 22.7 Å². The van der Waals surface area contributed by atoms with E-state index in [9.17, 15) is 8.42 Å². The molecule has 0 radical (unpaired) electrons. The number of anilines is 2. The third-order valence-corrected chi connectivity index (χ3v) is 9.41. The molecule has 4 rings (SSSR count). The lowest BCUT2D eigenvalue weighted by atomic mass is 9.95. The highest BCUT2D eigenvalue weighted by Gasteiger charge is 2.32. The largest absolute Gasteiger partial charge is 0.497 e. The average molecular weight is 581 g/mol. The Bertz CT molecular complexity index is 1400. The van der Waals surface area contributed by atoms with Gasteiger partial charge in [0.25, 0.3) is 10.0 Å². The SMILES string of the molecule is COc1ccc(CN(c2nccs2)S(=O)(=O)c2cc(Cl)c(N[C@H]3CC=CCC3N(C)C)cc2F)c(OC)c1. The van der Waals surface area contributed by atoms with Gasteiger partial charge >= 0.3 is 0 Å². The lowest BCUT2D eigenvalue weighted by molar-refractivity contribution is 0.258. The van der Waals surface area contributed by atoms with Crippen LogP contribution in [0.25, 0.3) is 0 Å². The molecule has 1 aromatic heterocycles. The summed E-state index contributed by atoms with van der Waals surface area (Å²) in [6, 6.07) is 7.53. The number of hydrogen-bond acceptors (Lipinski definition) is 8. The highest BCUT2D eigenvalue weighted by Crippen LogP contribution is 2.36. The predicted molar refractivity (Wildman–Crippen MR) is 150 cm³/mol. The van der Waals surface area contributed by atoms with Crippen LogP contribution in [0.2, 0.25) is 5.02 Å². The van der Waals surface area contributed by atoms with E-state index in [2.05, 4.69) is 27.4 Å². The van der Waals surface area contributed by atoms with Gasteiger partial charge < -0.3 is 19.7 Å². The van der Waals surface area contributed by atoms with Gasteiger partial charge in [-0.15, -0.1) is 11.3 Å². The van der Waals surface area contributed by atoms with E-state index in [1.54, 1.807) is 23.6 Å². The first-order valence-electron chi connectivity index (χ1n) is 11.9. The number of aromatic nitrogens is 1. The molecule has 0 bridgehead atoms. The van der Waals surface area contributed by atoms with E-state index in [0.717, 1.165) is 40.6 Å². The number of nitrogens with one attached hydrogen (secondary N) is 1. The Morgan fingerprint density at radius 1 is 1.16 bits per heavy atom. The molecule has 1 heterocycles. The van der Waals surface area contributed by atoms with Crippen molar-refractivity contribution >= 4 is 43.8 Å². The van der Waals surface area contributed by atoms with Crippen molar-refractivity contribution in [3.8, 4) is 11.5 Å². The number of nitrogens with zero attached hydrogens (tertiary/aromatic N) is 3. The van der Waals surface area contributed by atoms with Gasteiger partial charge in [-0.05, 0) is 51.2 Å². The molecule has 0 aliphatic heterocycles. The number of sulfonamides is 1. The van der Waals surface area contributed by atoms with Gasteiger partial charge in [-0.2, -0.15) is 0 Å². The van der Waals surface area contributed by atoms with Crippen molar-refractivity contribution in [1.29, 1.82) is 0 Å². The lowest BCUT2D eigenvalue weighted by Gasteiger charge is -2.35. The molecule has 204 valence electrons. The van der Waals surface area contributed by atoms with Crippen LogP contribution in [0.1, 0.15) is 18.4 Å². The molecule has 1 aliphatic rings. The summed E-state index contributed by atoms with van der Waals surface area (Å²) in [6.45, 7) is -0.140. The molecule has 8 nitrogen and oxygen atoms in total. The minimum absolute atomic E-state index is 0.0105. The molecule has 0 fully saturated rings. The third-order valence-electron chi connectivity index (χ3n) is 6.43. The lowest BCUT2D eigenvalue weighted by Crippen LogP contribution is -2.44. The van der Waals surface area contributed by atoms with Crippen LogP contribution in [0.15, 0.2) is 59.0 Å². The Hall–Kier alpha value is -2.86. The van der Waals surface area contributed by atoms with Gasteiger partial charge in [0.2, 0.25) is 0 Å². The first-order chi connectivity index (χ1) is 18.1. The van der Waals surface area contributed by atoms with Crippen molar-refractivity contribution in [2.45, 2.75) is 36.4 Å². The van der Waals surface area contributed by atoms with E-state index < -0.39 is 20.7 Å². The number of thiazole rings is 1. The van der Waals surface area contributed by atoms with Gasteiger partial charge in [0.1, 0.15) is 22.2 Å². The molecular weight excluding hydrogens is 551 g/mol. The van der Waals surface area contributed by atoms with Crippen LogP contribution in [0.4, 0.5) is 15.2 Å². The van der Waals surface area contributed by atoms with Crippen LogP contribution < -0.4 is 19.1 Å². The molecule has 1 aliphatic carbocycles. The van der Waals surface area contributed by atoms with Gasteiger partial charge in [-0.25, -0.2) is 22.1 Å². The van der Waals surface area contributed by atoms with Crippen molar-refractivity contribution in [3.05, 3.63) is 70.5 Å². The molecule has 0 amide bonds. The molecule has 2 aromatic carbocycles. The summed E-state index contributed by atoms with van der Waals surface area (Å²) in [6.07, 6.45) is 7.26. The van der Waals surface area contributed by atoms with E-state index in [1.165, 1.54) is 20.4 Å².